The van der Waals surface area contributed by atoms with Crippen LogP contribution in [0.4, 0.5) is 38.3 Å². The van der Waals surface area contributed by atoms with Gasteiger partial charge in [0.2, 0.25) is 0 Å². The highest BCUT2D eigenvalue weighted by Crippen LogP contribution is 2.27. The first-order valence-corrected chi connectivity index (χ1v) is 12.0. The molecule has 1 saturated carbocycles. The van der Waals surface area contributed by atoms with Gasteiger partial charge in [0, 0.05) is 31.5 Å². The first kappa shape index (κ1) is 27.6. The van der Waals surface area contributed by atoms with E-state index in [0.717, 1.165) is 18.3 Å². The second-order valence-corrected chi connectivity index (χ2v) is 8.31. The van der Waals surface area contributed by atoms with Crippen molar-refractivity contribution in [3.63, 3.8) is 0 Å². The van der Waals surface area contributed by atoms with Crippen LogP contribution in [0.1, 0.15) is 36.5 Å². The van der Waals surface area contributed by atoms with Crippen LogP contribution in [0.5, 0.6) is 0 Å². The third-order valence-corrected chi connectivity index (χ3v) is 5.49. The zero-order chi connectivity index (χ0) is 27.3. The number of carbonyl (C=O) groups excluding carboxylic acids is 2. The van der Waals surface area contributed by atoms with E-state index in [4.69, 9.17) is 15.0 Å². The summed E-state index contributed by atoms with van der Waals surface area (Å²) in [4.78, 5) is 46.2. The minimum absolute atomic E-state index is 0.303. The third kappa shape index (κ3) is 8.93. The molecule has 0 aliphatic heterocycles. The molecular formula is C25H30N8O5. The van der Waals surface area contributed by atoms with E-state index in [0.29, 0.717) is 35.0 Å². The van der Waals surface area contributed by atoms with Gasteiger partial charge in [-0.15, -0.1) is 0 Å². The predicted molar refractivity (Wildman–Crippen MR) is 143 cm³/mol. The van der Waals surface area contributed by atoms with Crippen LogP contribution in [0.2, 0.25) is 0 Å². The summed E-state index contributed by atoms with van der Waals surface area (Å²) in [6.45, 7) is 3.22. The number of pyridine rings is 3. The van der Waals surface area contributed by atoms with E-state index in [9.17, 15) is 9.59 Å². The van der Waals surface area contributed by atoms with Gasteiger partial charge in [0.15, 0.2) is 0 Å². The van der Waals surface area contributed by atoms with E-state index < -0.39 is 6.16 Å². The smallest absolute Gasteiger partial charge is 0.450 e. The van der Waals surface area contributed by atoms with E-state index in [1.54, 1.807) is 36.8 Å². The largest absolute Gasteiger partial charge is 0.503 e. The number of hydrogen-bond donors (Lipinski definition) is 7. The molecule has 3 aromatic rings. The van der Waals surface area contributed by atoms with Crippen LogP contribution in [-0.2, 0) is 0 Å². The maximum atomic E-state index is 13.1. The maximum Gasteiger partial charge on any atom is 0.503 e. The van der Waals surface area contributed by atoms with Crippen molar-refractivity contribution in [2.75, 3.05) is 34.4 Å². The van der Waals surface area contributed by atoms with Gasteiger partial charge in [0.25, 0.3) is 5.91 Å². The van der Waals surface area contributed by atoms with Crippen LogP contribution in [0.3, 0.4) is 0 Å². The summed E-state index contributed by atoms with van der Waals surface area (Å²) >= 11 is 0. The lowest BCUT2D eigenvalue weighted by molar-refractivity contribution is 0.102. The molecule has 0 saturated heterocycles. The van der Waals surface area contributed by atoms with Crippen LogP contribution in [0, 0.1) is 5.92 Å². The SMILES string of the molecule is CCNC(=O)Nc1cc(Nc2cccnc2)c(C(=O)Nc2ccc(NCC3CCC3)nc2)cn1.O=C(O)O. The predicted octanol–water partition coefficient (Wildman–Crippen LogP) is 4.44. The Kier molecular flexibility index (Phi) is 10.2. The lowest BCUT2D eigenvalue weighted by atomic mass is 9.85. The number of carboxylic acid groups (broad SMARTS) is 2. The summed E-state index contributed by atoms with van der Waals surface area (Å²) in [6.07, 6.45) is 8.33. The molecule has 0 unspecified atom stereocenters. The second kappa shape index (κ2) is 14.0. The van der Waals surface area contributed by atoms with E-state index in [1.807, 2.05) is 19.1 Å². The summed E-state index contributed by atoms with van der Waals surface area (Å²) in [7, 11) is 0. The molecule has 3 amide bonds. The van der Waals surface area contributed by atoms with E-state index in [2.05, 4.69) is 41.5 Å². The van der Waals surface area contributed by atoms with Crippen molar-refractivity contribution in [2.45, 2.75) is 26.2 Å². The first-order chi connectivity index (χ1) is 18.3. The Hall–Kier alpha value is -4.94. The fourth-order valence-electron chi connectivity index (χ4n) is 3.44. The molecule has 13 nitrogen and oxygen atoms in total. The van der Waals surface area contributed by atoms with E-state index >= 15 is 0 Å². The van der Waals surface area contributed by atoms with Crippen LogP contribution in [0.25, 0.3) is 0 Å². The average Bonchev–Trinajstić information content (AvgIpc) is 2.85. The molecule has 0 radical (unpaired) electrons. The Labute approximate surface area is 219 Å². The standard InChI is InChI=1S/C24H28N8O2.CH2O3/c1-2-26-24(34)32-22-11-20(30-17-7-4-10-25-13-17)19(15-29-22)23(33)31-18-8-9-21(28-14-18)27-12-16-5-3-6-16;2-1(3)4/h4,7-11,13-16H,2-3,5-6,12H2,1H3,(H,27,28)(H,31,33)(H3,26,29,30,32,34);(H2,2,3,4). The molecular weight excluding hydrogens is 492 g/mol. The van der Waals surface area contributed by atoms with Crippen LogP contribution < -0.4 is 26.6 Å². The van der Waals surface area contributed by atoms with Crippen molar-refractivity contribution in [1.82, 2.24) is 20.3 Å². The molecule has 0 aromatic carbocycles. The van der Waals surface area contributed by atoms with Gasteiger partial charge in [-0.25, -0.2) is 19.6 Å². The minimum Gasteiger partial charge on any atom is -0.450 e. The van der Waals surface area contributed by atoms with Gasteiger partial charge in [0.05, 0.1) is 35.0 Å². The molecule has 1 aliphatic rings. The lowest BCUT2D eigenvalue weighted by Crippen LogP contribution is -2.28. The van der Waals surface area contributed by atoms with Gasteiger partial charge >= 0.3 is 12.2 Å². The normalized spacial score (nSPS) is 12.1. The molecule has 38 heavy (non-hydrogen) atoms. The van der Waals surface area contributed by atoms with Crippen LogP contribution in [-0.4, -0.2) is 56.3 Å². The number of urea groups is 1. The molecule has 200 valence electrons. The Morgan fingerprint density at radius 2 is 1.74 bits per heavy atom. The first-order valence-electron chi connectivity index (χ1n) is 12.0. The number of nitrogens with one attached hydrogen (secondary N) is 5. The molecule has 0 bridgehead atoms. The summed E-state index contributed by atoms with van der Waals surface area (Å²) in [6, 6.07) is 8.48. The van der Waals surface area contributed by atoms with Crippen molar-refractivity contribution < 1.29 is 24.6 Å². The Morgan fingerprint density at radius 3 is 2.34 bits per heavy atom. The van der Waals surface area contributed by atoms with Gasteiger partial charge in [-0.3, -0.25) is 15.1 Å². The Balaban J connectivity index is 0.000000934. The molecule has 1 fully saturated rings. The highest BCUT2D eigenvalue weighted by atomic mass is 16.6. The number of nitrogens with zero attached hydrogens (tertiary/aromatic N) is 3. The van der Waals surface area contributed by atoms with Crippen molar-refractivity contribution in [2.24, 2.45) is 5.92 Å². The molecule has 0 atom stereocenters. The van der Waals surface area contributed by atoms with Gasteiger partial charge in [0.1, 0.15) is 11.6 Å². The van der Waals surface area contributed by atoms with Crippen LogP contribution >= 0.6 is 0 Å². The van der Waals surface area contributed by atoms with Gasteiger partial charge < -0.3 is 31.5 Å². The fraction of sp³-hybridized carbons (Fsp3) is 0.280. The van der Waals surface area contributed by atoms with E-state index in [1.165, 1.54) is 25.5 Å². The monoisotopic (exact) mass is 522 g/mol. The van der Waals surface area contributed by atoms with Crippen molar-refractivity contribution in [3.05, 3.63) is 60.7 Å². The van der Waals surface area contributed by atoms with E-state index in [-0.39, 0.29) is 11.9 Å². The number of carbonyl (C=O) groups is 3. The van der Waals surface area contributed by atoms with Crippen molar-refractivity contribution in [1.29, 1.82) is 0 Å². The number of rotatable bonds is 9. The topological polar surface area (TPSA) is 190 Å². The zero-order valence-electron chi connectivity index (χ0n) is 20.8. The van der Waals surface area contributed by atoms with Crippen LogP contribution in [0.15, 0.2) is 55.1 Å². The number of anilines is 5. The Bertz CT molecular complexity index is 1220. The van der Waals surface area contributed by atoms with Gasteiger partial charge in [-0.2, -0.15) is 0 Å². The molecule has 13 heteroatoms. The number of hydrogen-bond acceptors (Lipinski definition) is 8. The number of aromatic nitrogens is 3. The fourth-order valence-corrected chi connectivity index (χ4v) is 3.44. The zero-order valence-corrected chi connectivity index (χ0v) is 20.8. The summed E-state index contributed by atoms with van der Waals surface area (Å²) in [5, 5.41) is 28.6. The molecule has 3 heterocycles. The second-order valence-electron chi connectivity index (χ2n) is 8.31. The third-order valence-electron chi connectivity index (χ3n) is 5.49. The lowest BCUT2D eigenvalue weighted by Gasteiger charge is -2.25. The van der Waals surface area contributed by atoms with Crippen molar-refractivity contribution in [3.8, 4) is 0 Å². The highest BCUT2D eigenvalue weighted by Gasteiger charge is 2.17. The molecule has 4 rings (SSSR count). The Morgan fingerprint density at radius 1 is 0.974 bits per heavy atom. The highest BCUT2D eigenvalue weighted by molar-refractivity contribution is 6.08. The van der Waals surface area contributed by atoms with Gasteiger partial charge in [-0.1, -0.05) is 6.42 Å². The van der Waals surface area contributed by atoms with Crippen molar-refractivity contribution >= 4 is 46.8 Å². The maximum absolute atomic E-state index is 13.1. The quantitative estimate of drug-likeness (QED) is 0.211. The minimum atomic E-state index is -1.83. The summed E-state index contributed by atoms with van der Waals surface area (Å²) in [5.74, 6) is 1.45. The average molecular weight is 523 g/mol. The van der Waals surface area contributed by atoms with Gasteiger partial charge in [-0.05, 0) is 49.9 Å². The molecule has 3 aromatic heterocycles. The summed E-state index contributed by atoms with van der Waals surface area (Å²) in [5.41, 5.74) is 2.03. The summed E-state index contributed by atoms with van der Waals surface area (Å²) < 4.78 is 0. The molecule has 0 spiro atoms. The number of amides is 3. The molecule has 1 aliphatic carbocycles. The molecule has 7 N–H and O–H groups in total.